The Morgan fingerprint density at radius 1 is 1.39 bits per heavy atom. The molecule has 23 heavy (non-hydrogen) atoms. The predicted octanol–water partition coefficient (Wildman–Crippen LogP) is 0.181. The number of nitrogens with two attached hydrogens (primary N) is 1. The zero-order valence-corrected chi connectivity index (χ0v) is 12.1. The summed E-state index contributed by atoms with van der Waals surface area (Å²) >= 11 is 0. The number of benzene rings is 1. The first-order valence-corrected chi connectivity index (χ1v) is 6.46. The molecule has 0 spiro atoms. The van der Waals surface area contributed by atoms with Crippen LogP contribution in [0.5, 0.6) is 0 Å². The molecule has 1 aromatic heterocycles. The van der Waals surface area contributed by atoms with Crippen molar-refractivity contribution in [2.45, 2.75) is 6.92 Å². The Morgan fingerprint density at radius 2 is 2.13 bits per heavy atom. The number of hydrogen-bond acceptors (Lipinski definition) is 9. The number of anilines is 4. The third-order valence-electron chi connectivity index (χ3n) is 2.77. The lowest BCUT2D eigenvalue weighted by molar-refractivity contribution is -0.383. The van der Waals surface area contributed by atoms with Crippen LogP contribution in [0, 0.1) is 17.0 Å². The number of nitro groups is 1. The van der Waals surface area contributed by atoms with Crippen molar-refractivity contribution in [3.8, 4) is 0 Å². The molecule has 0 aliphatic carbocycles. The van der Waals surface area contributed by atoms with Crippen molar-refractivity contribution in [1.29, 1.82) is 0 Å². The van der Waals surface area contributed by atoms with Crippen LogP contribution >= 0.6 is 0 Å². The van der Waals surface area contributed by atoms with E-state index in [4.69, 9.17) is 5.73 Å². The lowest BCUT2D eigenvalue weighted by Crippen LogP contribution is -2.30. The highest BCUT2D eigenvalue weighted by atomic mass is 16.6. The molecular formula is C13H13N6O4-. The van der Waals surface area contributed by atoms with Crippen molar-refractivity contribution in [2.24, 2.45) is 0 Å². The second-order valence-electron chi connectivity index (χ2n) is 4.61. The fourth-order valence-corrected chi connectivity index (χ4v) is 1.83. The Morgan fingerprint density at radius 3 is 2.74 bits per heavy atom. The molecular weight excluding hydrogens is 304 g/mol. The van der Waals surface area contributed by atoms with Crippen molar-refractivity contribution in [3.63, 3.8) is 0 Å². The van der Waals surface area contributed by atoms with Crippen LogP contribution in [0.1, 0.15) is 5.56 Å². The van der Waals surface area contributed by atoms with E-state index < -0.39 is 23.1 Å². The summed E-state index contributed by atoms with van der Waals surface area (Å²) in [7, 11) is 0. The van der Waals surface area contributed by atoms with Crippen LogP contribution in [-0.2, 0) is 4.79 Å². The highest BCUT2D eigenvalue weighted by Gasteiger charge is 2.23. The van der Waals surface area contributed by atoms with Gasteiger partial charge in [0.05, 0.1) is 17.4 Å². The molecule has 1 aromatic carbocycles. The smallest absolute Gasteiger partial charge is 0.353 e. The Labute approximate surface area is 130 Å². The van der Waals surface area contributed by atoms with Crippen molar-refractivity contribution in [1.82, 2.24) is 9.97 Å². The van der Waals surface area contributed by atoms with E-state index in [-0.39, 0.29) is 17.6 Å². The van der Waals surface area contributed by atoms with Gasteiger partial charge in [0.25, 0.3) is 0 Å². The maximum atomic E-state index is 11.2. The summed E-state index contributed by atoms with van der Waals surface area (Å²) in [5, 5.41) is 26.8. The number of aryl methyl sites for hydroxylation is 1. The molecule has 10 heteroatoms. The molecule has 0 saturated carbocycles. The Kier molecular flexibility index (Phi) is 4.55. The minimum Gasteiger partial charge on any atom is -0.548 e. The summed E-state index contributed by atoms with van der Waals surface area (Å²) in [4.78, 5) is 28.5. The molecule has 0 atom stereocenters. The Hall–Kier alpha value is -3.43. The number of carbonyl (C=O) groups excluding carboxylic acids is 1. The number of nitrogens with zero attached hydrogens (tertiary/aromatic N) is 3. The van der Waals surface area contributed by atoms with Crippen molar-refractivity contribution < 1.29 is 14.8 Å². The number of nitrogens with one attached hydrogen (secondary N) is 2. The van der Waals surface area contributed by atoms with Crippen LogP contribution in [0.15, 0.2) is 24.3 Å². The zero-order valence-electron chi connectivity index (χ0n) is 12.1. The summed E-state index contributed by atoms with van der Waals surface area (Å²) in [5.74, 6) is -2.07. The van der Waals surface area contributed by atoms with Gasteiger partial charge in [-0.1, -0.05) is 12.1 Å². The highest BCUT2D eigenvalue weighted by Crippen LogP contribution is 2.31. The second-order valence-corrected chi connectivity index (χ2v) is 4.61. The number of aromatic nitrogens is 2. The number of carboxylic acid groups (broad SMARTS) is 1. The third-order valence-corrected chi connectivity index (χ3v) is 2.77. The van der Waals surface area contributed by atoms with Crippen LogP contribution < -0.4 is 21.5 Å². The van der Waals surface area contributed by atoms with Gasteiger partial charge in [-0.3, -0.25) is 10.1 Å². The molecule has 120 valence electrons. The first kappa shape index (κ1) is 15.9. The predicted molar refractivity (Wildman–Crippen MR) is 81.1 cm³/mol. The van der Waals surface area contributed by atoms with E-state index in [2.05, 4.69) is 20.6 Å². The summed E-state index contributed by atoms with van der Waals surface area (Å²) < 4.78 is 0. The molecule has 0 radical (unpaired) electrons. The van der Waals surface area contributed by atoms with Gasteiger partial charge in [-0.05, 0) is 24.6 Å². The van der Waals surface area contributed by atoms with E-state index in [0.717, 1.165) is 5.56 Å². The molecule has 0 fully saturated rings. The van der Waals surface area contributed by atoms with Crippen molar-refractivity contribution in [2.75, 3.05) is 22.9 Å². The average Bonchev–Trinajstić information content (AvgIpc) is 2.44. The van der Waals surface area contributed by atoms with Crippen LogP contribution in [0.3, 0.4) is 0 Å². The number of aliphatic carboxylic acids is 1. The number of carbonyl (C=O) groups is 1. The molecule has 4 N–H and O–H groups in total. The van der Waals surface area contributed by atoms with E-state index in [9.17, 15) is 20.0 Å². The molecule has 0 saturated heterocycles. The molecule has 1 heterocycles. The van der Waals surface area contributed by atoms with E-state index in [1.54, 1.807) is 18.2 Å². The first-order chi connectivity index (χ1) is 10.9. The summed E-state index contributed by atoms with van der Waals surface area (Å²) in [6, 6.07) is 7.09. The van der Waals surface area contributed by atoms with E-state index >= 15 is 0 Å². The molecule has 2 aromatic rings. The zero-order chi connectivity index (χ0) is 17.0. The standard InChI is InChI=1S/C13H14N6O4/c1-7-3-2-4-8(5-7)16-12-10(19(22)23)11(14)17-13(18-12)15-6-9(20)21/h2-5H,6H2,1H3,(H,20,21)(H4,14,15,16,17,18)/p-1. The Balaban J connectivity index is 2.41. The van der Waals surface area contributed by atoms with Gasteiger partial charge in [0.15, 0.2) is 0 Å². The first-order valence-electron chi connectivity index (χ1n) is 6.46. The SMILES string of the molecule is Cc1cccc(Nc2nc(NCC(=O)[O-])nc(N)c2[N+](=O)[O-])c1. The summed E-state index contributed by atoms with van der Waals surface area (Å²) in [6.45, 7) is 1.31. The van der Waals surface area contributed by atoms with Gasteiger partial charge < -0.3 is 26.3 Å². The van der Waals surface area contributed by atoms with Gasteiger partial charge in [-0.2, -0.15) is 9.97 Å². The molecule has 10 nitrogen and oxygen atoms in total. The monoisotopic (exact) mass is 317 g/mol. The molecule has 0 amide bonds. The van der Waals surface area contributed by atoms with Gasteiger partial charge in [0.1, 0.15) is 0 Å². The van der Waals surface area contributed by atoms with Crippen LogP contribution in [-0.4, -0.2) is 27.4 Å². The lowest BCUT2D eigenvalue weighted by Gasteiger charge is -2.11. The van der Waals surface area contributed by atoms with Crippen LogP contribution in [0.2, 0.25) is 0 Å². The number of rotatable bonds is 6. The fourth-order valence-electron chi connectivity index (χ4n) is 1.83. The van der Waals surface area contributed by atoms with Gasteiger partial charge in [0, 0.05) is 5.69 Å². The average molecular weight is 317 g/mol. The summed E-state index contributed by atoms with van der Waals surface area (Å²) in [5.41, 5.74) is 6.59. The van der Waals surface area contributed by atoms with Gasteiger partial charge in [-0.15, -0.1) is 0 Å². The molecule has 0 aliphatic heterocycles. The third kappa shape index (κ3) is 4.03. The summed E-state index contributed by atoms with van der Waals surface area (Å²) in [6.07, 6.45) is 0. The minimum atomic E-state index is -1.38. The van der Waals surface area contributed by atoms with Gasteiger partial charge in [-0.25, -0.2) is 0 Å². The maximum absolute atomic E-state index is 11.2. The quantitative estimate of drug-likeness (QED) is 0.498. The maximum Gasteiger partial charge on any atom is 0.353 e. The highest BCUT2D eigenvalue weighted by molar-refractivity contribution is 5.75. The van der Waals surface area contributed by atoms with Crippen molar-refractivity contribution >= 4 is 34.9 Å². The molecule has 0 aliphatic rings. The van der Waals surface area contributed by atoms with E-state index in [1.165, 1.54) is 0 Å². The van der Waals surface area contributed by atoms with Gasteiger partial charge in [0.2, 0.25) is 17.6 Å². The van der Waals surface area contributed by atoms with Crippen molar-refractivity contribution in [3.05, 3.63) is 39.9 Å². The second kappa shape index (κ2) is 6.56. The van der Waals surface area contributed by atoms with Crippen LogP contribution in [0.25, 0.3) is 0 Å². The largest absolute Gasteiger partial charge is 0.548 e. The molecule has 0 bridgehead atoms. The van der Waals surface area contributed by atoms with E-state index in [0.29, 0.717) is 5.69 Å². The van der Waals surface area contributed by atoms with E-state index in [1.807, 2.05) is 13.0 Å². The molecule has 2 rings (SSSR count). The van der Waals surface area contributed by atoms with Gasteiger partial charge >= 0.3 is 5.69 Å². The topological polar surface area (TPSA) is 159 Å². The fraction of sp³-hybridized carbons (Fsp3) is 0.154. The lowest BCUT2D eigenvalue weighted by atomic mass is 10.2. The number of carboxylic acids is 1. The minimum absolute atomic E-state index is 0.144. The normalized spacial score (nSPS) is 10.1. The number of nitrogen functional groups attached to an aromatic ring is 1. The Bertz CT molecular complexity index is 764. The van der Waals surface area contributed by atoms with Crippen LogP contribution in [0.4, 0.5) is 29.0 Å². The number of hydrogen-bond donors (Lipinski definition) is 3. The molecule has 0 unspecified atom stereocenters.